The minimum absolute atomic E-state index is 0.815. The van der Waals surface area contributed by atoms with E-state index in [0.29, 0.717) is 0 Å². The summed E-state index contributed by atoms with van der Waals surface area (Å²) < 4.78 is 0. The molecule has 1 saturated heterocycles. The van der Waals surface area contributed by atoms with Gasteiger partial charge in [-0.1, -0.05) is 0 Å². The fraction of sp³-hybridized carbons (Fsp3) is 0.667. The van der Waals surface area contributed by atoms with E-state index in [-0.39, 0.29) is 0 Å². The third-order valence-electron chi connectivity index (χ3n) is 1.90. The van der Waals surface area contributed by atoms with E-state index in [0.717, 1.165) is 19.0 Å². The predicted molar refractivity (Wildman–Crippen MR) is 32.4 cm³/mol. The fourth-order valence-electron chi connectivity index (χ4n) is 1.37. The summed E-state index contributed by atoms with van der Waals surface area (Å²) in [6.45, 7) is 3.44. The second-order valence-corrected chi connectivity index (χ2v) is 2.46. The SMILES string of the molecule is C1=C2CNCC2CN1. The van der Waals surface area contributed by atoms with Crippen molar-refractivity contribution in [2.75, 3.05) is 19.6 Å². The molecule has 0 spiro atoms. The van der Waals surface area contributed by atoms with Crippen LogP contribution in [0.4, 0.5) is 0 Å². The van der Waals surface area contributed by atoms with Gasteiger partial charge >= 0.3 is 0 Å². The van der Waals surface area contributed by atoms with Gasteiger partial charge in [0.05, 0.1) is 0 Å². The van der Waals surface area contributed by atoms with E-state index in [9.17, 15) is 0 Å². The Morgan fingerprint density at radius 3 is 3.38 bits per heavy atom. The second-order valence-electron chi connectivity index (χ2n) is 2.46. The largest absolute Gasteiger partial charge is 0.390 e. The van der Waals surface area contributed by atoms with Gasteiger partial charge in [-0.25, -0.2) is 0 Å². The molecule has 44 valence electrons. The first kappa shape index (κ1) is 4.39. The number of fused-ring (bicyclic) bond motifs is 1. The number of hydrogen-bond acceptors (Lipinski definition) is 2. The van der Waals surface area contributed by atoms with Gasteiger partial charge in [0.15, 0.2) is 0 Å². The highest BCUT2D eigenvalue weighted by molar-refractivity contribution is 5.18. The average Bonchev–Trinajstić information content (AvgIpc) is 2.15. The molecule has 0 aliphatic carbocycles. The maximum absolute atomic E-state index is 3.32. The van der Waals surface area contributed by atoms with Crippen molar-refractivity contribution in [1.82, 2.24) is 10.6 Å². The Bertz CT molecular complexity index is 128. The van der Waals surface area contributed by atoms with Crippen LogP contribution in [0.5, 0.6) is 0 Å². The normalized spacial score (nSPS) is 34.0. The zero-order chi connectivity index (χ0) is 5.40. The van der Waals surface area contributed by atoms with Crippen molar-refractivity contribution in [2.24, 2.45) is 5.92 Å². The molecule has 2 nitrogen and oxygen atoms in total. The van der Waals surface area contributed by atoms with E-state index in [1.165, 1.54) is 6.54 Å². The standard InChI is InChI=1S/C6H10N2/c1-5-2-8-4-6(5)3-7-1/h1,6-8H,2-4H2. The molecule has 0 aromatic carbocycles. The van der Waals surface area contributed by atoms with E-state index < -0.39 is 0 Å². The van der Waals surface area contributed by atoms with Crippen LogP contribution >= 0.6 is 0 Å². The highest BCUT2D eigenvalue weighted by atomic mass is 15.0. The van der Waals surface area contributed by atoms with Crippen LogP contribution in [0.3, 0.4) is 0 Å². The number of rotatable bonds is 0. The first-order valence-electron chi connectivity index (χ1n) is 3.10. The van der Waals surface area contributed by atoms with Crippen LogP contribution in [0.15, 0.2) is 11.8 Å². The van der Waals surface area contributed by atoms with Crippen molar-refractivity contribution in [2.45, 2.75) is 0 Å². The molecule has 1 atom stereocenters. The van der Waals surface area contributed by atoms with Gasteiger partial charge in [0.2, 0.25) is 0 Å². The van der Waals surface area contributed by atoms with Crippen LogP contribution in [0, 0.1) is 5.92 Å². The minimum Gasteiger partial charge on any atom is -0.390 e. The molecule has 2 aliphatic heterocycles. The van der Waals surface area contributed by atoms with Gasteiger partial charge in [0.1, 0.15) is 0 Å². The van der Waals surface area contributed by atoms with Crippen molar-refractivity contribution in [3.8, 4) is 0 Å². The first-order chi connectivity index (χ1) is 3.97. The minimum atomic E-state index is 0.815. The van der Waals surface area contributed by atoms with Gasteiger partial charge in [0, 0.05) is 25.6 Å². The Morgan fingerprint density at radius 2 is 2.50 bits per heavy atom. The van der Waals surface area contributed by atoms with Crippen molar-refractivity contribution in [3.63, 3.8) is 0 Å². The maximum atomic E-state index is 3.32. The maximum Gasteiger partial charge on any atom is 0.0220 e. The lowest BCUT2D eigenvalue weighted by molar-refractivity contribution is 0.652. The van der Waals surface area contributed by atoms with Gasteiger partial charge in [-0.05, 0) is 11.8 Å². The van der Waals surface area contributed by atoms with Crippen LogP contribution in [0.2, 0.25) is 0 Å². The first-order valence-corrected chi connectivity index (χ1v) is 3.10. The molecule has 2 rings (SSSR count). The van der Waals surface area contributed by atoms with Crippen molar-refractivity contribution < 1.29 is 0 Å². The lowest BCUT2D eigenvalue weighted by Gasteiger charge is -1.97. The fourth-order valence-corrected chi connectivity index (χ4v) is 1.37. The Balaban J connectivity index is 2.20. The van der Waals surface area contributed by atoms with Crippen LogP contribution in [0.1, 0.15) is 0 Å². The highest BCUT2D eigenvalue weighted by Crippen LogP contribution is 2.17. The van der Waals surface area contributed by atoms with E-state index in [1.54, 1.807) is 5.57 Å². The molecule has 0 aromatic heterocycles. The Morgan fingerprint density at radius 1 is 1.50 bits per heavy atom. The predicted octanol–water partition coefficient (Wildman–Crippen LogP) is -0.307. The lowest BCUT2D eigenvalue weighted by Crippen LogP contribution is -2.16. The van der Waals surface area contributed by atoms with Crippen LogP contribution in [0.25, 0.3) is 0 Å². The van der Waals surface area contributed by atoms with Crippen LogP contribution < -0.4 is 10.6 Å². The third kappa shape index (κ3) is 0.464. The van der Waals surface area contributed by atoms with Gasteiger partial charge in [-0.15, -0.1) is 0 Å². The average molecular weight is 110 g/mol. The van der Waals surface area contributed by atoms with Gasteiger partial charge in [-0.2, -0.15) is 0 Å². The summed E-state index contributed by atoms with van der Waals surface area (Å²) in [5.74, 6) is 0.815. The van der Waals surface area contributed by atoms with Gasteiger partial charge < -0.3 is 10.6 Å². The Labute approximate surface area is 49.0 Å². The van der Waals surface area contributed by atoms with Crippen LogP contribution in [-0.2, 0) is 0 Å². The molecule has 2 heteroatoms. The zero-order valence-electron chi connectivity index (χ0n) is 4.78. The molecule has 2 aliphatic rings. The Hall–Kier alpha value is -0.500. The molecule has 0 amide bonds. The topological polar surface area (TPSA) is 24.1 Å². The smallest absolute Gasteiger partial charge is 0.0220 e. The molecule has 8 heavy (non-hydrogen) atoms. The molecule has 1 fully saturated rings. The summed E-state index contributed by atoms with van der Waals surface area (Å²) in [7, 11) is 0. The summed E-state index contributed by atoms with van der Waals surface area (Å²) >= 11 is 0. The molecule has 2 N–H and O–H groups in total. The summed E-state index contributed by atoms with van der Waals surface area (Å²) in [5.41, 5.74) is 1.56. The van der Waals surface area contributed by atoms with Gasteiger partial charge in [-0.3, -0.25) is 0 Å². The quantitative estimate of drug-likeness (QED) is 0.447. The van der Waals surface area contributed by atoms with Crippen molar-refractivity contribution in [3.05, 3.63) is 11.8 Å². The van der Waals surface area contributed by atoms with E-state index in [2.05, 4.69) is 16.8 Å². The molecule has 2 heterocycles. The zero-order valence-corrected chi connectivity index (χ0v) is 4.78. The molecule has 0 saturated carbocycles. The van der Waals surface area contributed by atoms with E-state index in [1.807, 2.05) is 0 Å². The number of nitrogens with one attached hydrogen (secondary N) is 2. The molecular formula is C6H10N2. The van der Waals surface area contributed by atoms with E-state index >= 15 is 0 Å². The summed E-state index contributed by atoms with van der Waals surface area (Å²) in [6, 6.07) is 0. The number of hydrogen-bond donors (Lipinski definition) is 2. The molecule has 0 aromatic rings. The monoisotopic (exact) mass is 110 g/mol. The van der Waals surface area contributed by atoms with Crippen molar-refractivity contribution in [1.29, 1.82) is 0 Å². The summed E-state index contributed by atoms with van der Waals surface area (Å²) in [4.78, 5) is 0. The molecular weight excluding hydrogens is 100 g/mol. The Kier molecular flexibility index (Phi) is 0.815. The van der Waals surface area contributed by atoms with Crippen LogP contribution in [-0.4, -0.2) is 19.6 Å². The van der Waals surface area contributed by atoms with Gasteiger partial charge in [0.25, 0.3) is 0 Å². The molecule has 1 unspecified atom stereocenters. The molecule has 0 radical (unpaired) electrons. The highest BCUT2D eigenvalue weighted by Gasteiger charge is 2.22. The van der Waals surface area contributed by atoms with E-state index in [4.69, 9.17) is 0 Å². The third-order valence-corrected chi connectivity index (χ3v) is 1.90. The van der Waals surface area contributed by atoms with Crippen molar-refractivity contribution >= 4 is 0 Å². The summed E-state index contributed by atoms with van der Waals surface area (Å²) in [6.07, 6.45) is 2.14. The lowest BCUT2D eigenvalue weighted by atomic mass is 10.1. The second kappa shape index (κ2) is 1.49. The summed E-state index contributed by atoms with van der Waals surface area (Å²) in [5, 5.41) is 6.54. The molecule has 0 bridgehead atoms.